The fourth-order valence-corrected chi connectivity index (χ4v) is 4.59. The average Bonchev–Trinajstić information content (AvgIpc) is 3.34. The molecule has 0 N–H and O–H groups in total. The van der Waals surface area contributed by atoms with Crippen molar-refractivity contribution in [1.82, 2.24) is 4.90 Å². The third kappa shape index (κ3) is 4.92. The normalized spacial score (nSPS) is 20.2. The van der Waals surface area contributed by atoms with Crippen molar-refractivity contribution in [2.45, 2.75) is 18.9 Å². The molecule has 4 rings (SSSR count). The summed E-state index contributed by atoms with van der Waals surface area (Å²) in [7, 11) is 0. The Labute approximate surface area is 189 Å². The first-order valence-electron chi connectivity index (χ1n) is 9.44. The number of thiocarbonyl (C=S) groups is 1. The summed E-state index contributed by atoms with van der Waals surface area (Å²) < 4.78 is 11.5. The Morgan fingerprint density at radius 1 is 1.23 bits per heavy atom. The van der Waals surface area contributed by atoms with Crippen molar-refractivity contribution in [3.05, 3.63) is 69.6 Å². The molecule has 2 heterocycles. The minimum Gasteiger partial charge on any atom is -0.423 e. The van der Waals surface area contributed by atoms with Crippen LogP contribution >= 0.6 is 35.6 Å². The van der Waals surface area contributed by atoms with E-state index in [1.165, 1.54) is 11.8 Å². The lowest BCUT2D eigenvalue weighted by Crippen LogP contribution is -2.35. The Kier molecular flexibility index (Phi) is 6.53. The summed E-state index contributed by atoms with van der Waals surface area (Å²) in [5.74, 6) is -0.147. The van der Waals surface area contributed by atoms with E-state index in [1.54, 1.807) is 59.5 Å². The third-order valence-corrected chi connectivity index (χ3v) is 6.38. The number of carbonyl (C=O) groups excluding carboxylic acids is 2. The summed E-state index contributed by atoms with van der Waals surface area (Å²) >= 11 is 12.5. The highest BCUT2D eigenvalue weighted by molar-refractivity contribution is 8.26. The molecule has 2 aromatic carbocycles. The number of hydrogen-bond acceptors (Lipinski definition) is 6. The van der Waals surface area contributed by atoms with E-state index in [0.29, 0.717) is 32.1 Å². The van der Waals surface area contributed by atoms with Crippen molar-refractivity contribution >= 4 is 57.9 Å². The van der Waals surface area contributed by atoms with Crippen LogP contribution in [0.15, 0.2) is 53.4 Å². The molecule has 1 unspecified atom stereocenters. The Bertz CT molecular complexity index is 999. The van der Waals surface area contributed by atoms with Crippen LogP contribution in [0.2, 0.25) is 5.02 Å². The number of rotatable bonds is 5. The van der Waals surface area contributed by atoms with Gasteiger partial charge in [-0.3, -0.25) is 9.69 Å². The number of esters is 1. The number of halogens is 1. The smallest absolute Gasteiger partial charge is 0.343 e. The summed E-state index contributed by atoms with van der Waals surface area (Å²) in [5.41, 5.74) is 1.23. The number of ether oxygens (including phenoxy) is 2. The summed E-state index contributed by atoms with van der Waals surface area (Å²) in [6.07, 6.45) is 3.82. The van der Waals surface area contributed by atoms with Gasteiger partial charge in [0.1, 0.15) is 10.1 Å². The van der Waals surface area contributed by atoms with E-state index in [4.69, 9.17) is 33.3 Å². The molecular weight excluding hydrogens is 442 g/mol. The summed E-state index contributed by atoms with van der Waals surface area (Å²) in [6, 6.07) is 13.4. The van der Waals surface area contributed by atoms with E-state index in [1.807, 2.05) is 0 Å². The maximum absolute atomic E-state index is 12.7. The molecule has 0 radical (unpaired) electrons. The molecule has 30 heavy (non-hydrogen) atoms. The van der Waals surface area contributed by atoms with Gasteiger partial charge in [0.15, 0.2) is 0 Å². The quantitative estimate of drug-likeness (QED) is 0.273. The molecule has 0 spiro atoms. The van der Waals surface area contributed by atoms with Crippen LogP contribution in [0.3, 0.4) is 0 Å². The Hall–Kier alpha value is -2.19. The van der Waals surface area contributed by atoms with Crippen LogP contribution in [-0.2, 0) is 9.53 Å². The molecule has 2 saturated heterocycles. The zero-order valence-corrected chi connectivity index (χ0v) is 18.3. The first kappa shape index (κ1) is 21.1. The van der Waals surface area contributed by atoms with E-state index >= 15 is 0 Å². The lowest BCUT2D eigenvalue weighted by Gasteiger charge is -2.18. The van der Waals surface area contributed by atoms with Crippen LogP contribution in [0.5, 0.6) is 5.75 Å². The van der Waals surface area contributed by atoms with Crippen molar-refractivity contribution in [3.8, 4) is 5.75 Å². The number of carbonyl (C=O) groups is 2. The molecule has 0 bridgehead atoms. The second kappa shape index (κ2) is 9.31. The SMILES string of the molecule is O=C(Oc1ccc(C=C2SC(=S)N(CC3CCCO3)C2=O)cc1)c1ccc(Cl)cc1. The maximum Gasteiger partial charge on any atom is 0.343 e. The predicted molar refractivity (Wildman–Crippen MR) is 122 cm³/mol. The van der Waals surface area contributed by atoms with Crippen LogP contribution in [0.4, 0.5) is 0 Å². The van der Waals surface area contributed by atoms with E-state index < -0.39 is 5.97 Å². The zero-order valence-electron chi connectivity index (χ0n) is 15.9. The first-order chi connectivity index (χ1) is 14.5. The summed E-state index contributed by atoms with van der Waals surface area (Å²) in [5, 5.41) is 0.553. The molecule has 0 aliphatic carbocycles. The molecule has 2 aliphatic heterocycles. The minimum absolute atomic E-state index is 0.0569. The maximum atomic E-state index is 12.7. The van der Waals surface area contributed by atoms with Gasteiger partial charge >= 0.3 is 5.97 Å². The van der Waals surface area contributed by atoms with Crippen LogP contribution < -0.4 is 4.74 Å². The van der Waals surface area contributed by atoms with Gasteiger partial charge in [0.2, 0.25) is 0 Å². The predicted octanol–water partition coefficient (Wildman–Crippen LogP) is 4.94. The molecule has 8 heteroatoms. The van der Waals surface area contributed by atoms with E-state index in [9.17, 15) is 9.59 Å². The zero-order chi connectivity index (χ0) is 21.1. The van der Waals surface area contributed by atoms with E-state index in [0.717, 1.165) is 25.0 Å². The molecule has 1 amide bonds. The molecule has 2 aromatic rings. The highest BCUT2D eigenvalue weighted by Gasteiger charge is 2.34. The fourth-order valence-electron chi connectivity index (χ4n) is 3.18. The molecular formula is C22H18ClNO4S2. The fraction of sp³-hybridized carbons (Fsp3) is 0.227. The molecule has 2 fully saturated rings. The number of thioether (sulfide) groups is 1. The van der Waals surface area contributed by atoms with Gasteiger partial charge in [0, 0.05) is 11.6 Å². The molecule has 1 atom stereocenters. The van der Waals surface area contributed by atoms with Gasteiger partial charge in [-0.25, -0.2) is 4.79 Å². The Morgan fingerprint density at radius 2 is 1.97 bits per heavy atom. The van der Waals surface area contributed by atoms with Crippen molar-refractivity contribution in [2.75, 3.05) is 13.2 Å². The van der Waals surface area contributed by atoms with Gasteiger partial charge in [-0.15, -0.1) is 0 Å². The highest BCUT2D eigenvalue weighted by atomic mass is 35.5. The Balaban J connectivity index is 1.40. The third-order valence-electron chi connectivity index (χ3n) is 4.75. The average molecular weight is 460 g/mol. The van der Waals surface area contributed by atoms with Gasteiger partial charge in [-0.2, -0.15) is 0 Å². The topological polar surface area (TPSA) is 55.8 Å². The van der Waals surface area contributed by atoms with Crippen LogP contribution in [-0.4, -0.2) is 40.4 Å². The van der Waals surface area contributed by atoms with Crippen LogP contribution in [0.1, 0.15) is 28.8 Å². The van der Waals surface area contributed by atoms with Crippen molar-refractivity contribution in [3.63, 3.8) is 0 Å². The first-order valence-corrected chi connectivity index (χ1v) is 11.0. The highest BCUT2D eigenvalue weighted by Crippen LogP contribution is 2.33. The van der Waals surface area contributed by atoms with Gasteiger partial charge < -0.3 is 9.47 Å². The lowest BCUT2D eigenvalue weighted by atomic mass is 10.2. The second-order valence-corrected chi connectivity index (χ2v) is 9.00. The van der Waals surface area contributed by atoms with E-state index in [2.05, 4.69) is 0 Å². The number of amides is 1. The van der Waals surface area contributed by atoms with Crippen molar-refractivity contribution in [1.29, 1.82) is 0 Å². The molecule has 154 valence electrons. The largest absolute Gasteiger partial charge is 0.423 e. The van der Waals surface area contributed by atoms with E-state index in [-0.39, 0.29) is 12.0 Å². The van der Waals surface area contributed by atoms with Crippen molar-refractivity contribution in [2.24, 2.45) is 0 Å². The summed E-state index contributed by atoms with van der Waals surface area (Å²) in [4.78, 5) is 27.1. The number of nitrogens with zero attached hydrogens (tertiary/aromatic N) is 1. The molecule has 5 nitrogen and oxygen atoms in total. The van der Waals surface area contributed by atoms with Gasteiger partial charge in [0.25, 0.3) is 5.91 Å². The van der Waals surface area contributed by atoms with Crippen LogP contribution in [0.25, 0.3) is 6.08 Å². The standard InChI is InChI=1S/C22H18ClNO4S2/c23-16-7-5-15(6-8-16)21(26)28-17-9-3-14(4-10-17)12-19-20(25)24(22(29)30-19)13-18-2-1-11-27-18/h3-10,12,18H,1-2,11,13H2. The monoisotopic (exact) mass is 459 g/mol. The van der Waals surface area contributed by atoms with Gasteiger partial charge in [-0.05, 0) is 60.9 Å². The summed E-state index contributed by atoms with van der Waals surface area (Å²) in [6.45, 7) is 1.24. The second-order valence-electron chi connectivity index (χ2n) is 6.89. The van der Waals surface area contributed by atoms with Crippen LogP contribution in [0, 0.1) is 0 Å². The molecule has 0 saturated carbocycles. The van der Waals surface area contributed by atoms with Crippen molar-refractivity contribution < 1.29 is 19.1 Å². The lowest BCUT2D eigenvalue weighted by molar-refractivity contribution is -0.123. The molecule has 2 aliphatic rings. The number of benzene rings is 2. The number of hydrogen-bond donors (Lipinski definition) is 0. The van der Waals surface area contributed by atoms with Gasteiger partial charge in [0.05, 0.1) is 23.1 Å². The molecule has 0 aromatic heterocycles. The minimum atomic E-state index is -0.464. The van der Waals surface area contributed by atoms with Gasteiger partial charge in [-0.1, -0.05) is 47.7 Å². The Morgan fingerprint density at radius 3 is 2.63 bits per heavy atom.